The molecule has 1 atom stereocenters. The zero-order valence-corrected chi connectivity index (χ0v) is 19.1. The lowest BCUT2D eigenvalue weighted by Gasteiger charge is -2.39. The molecule has 2 aromatic rings. The minimum atomic E-state index is -0.834. The van der Waals surface area contributed by atoms with Crippen molar-refractivity contribution in [2.75, 3.05) is 56.0 Å². The third kappa shape index (κ3) is 5.83. The van der Waals surface area contributed by atoms with Gasteiger partial charge < -0.3 is 20.4 Å². The first-order valence-electron chi connectivity index (χ1n) is 11.1. The number of hydrogen-bond acceptors (Lipinski definition) is 5. The van der Waals surface area contributed by atoms with Gasteiger partial charge in [-0.05, 0) is 24.3 Å². The fourth-order valence-electron chi connectivity index (χ4n) is 4.24. The smallest absolute Gasteiger partial charge is 0.243 e. The Hall–Kier alpha value is -3.10. The Morgan fingerprint density at radius 1 is 0.970 bits per heavy atom. The number of carbonyl (C=O) groups is 3. The van der Waals surface area contributed by atoms with Crippen molar-refractivity contribution in [1.29, 1.82) is 0 Å². The highest BCUT2D eigenvalue weighted by Crippen LogP contribution is 2.21. The van der Waals surface area contributed by atoms with Crippen molar-refractivity contribution in [3.05, 3.63) is 59.6 Å². The number of nitrogens with zero attached hydrogens (tertiary/aromatic N) is 3. The standard InChI is InChI=1S/C24H28ClN5O3/c25-19-8-4-5-9-20(19)27-22(31)16-21-24(33)26-10-11-30(21)23(32)17-28-12-14-29(15-13-28)18-6-2-1-3-7-18/h1-9,21H,10-17H2,(H,26,33)(H,27,31)/t21-/m1/s1. The number of piperazine rings is 2. The van der Waals surface area contributed by atoms with E-state index < -0.39 is 6.04 Å². The molecule has 0 radical (unpaired) electrons. The van der Waals surface area contributed by atoms with Gasteiger partial charge >= 0.3 is 0 Å². The summed E-state index contributed by atoms with van der Waals surface area (Å²) in [5, 5.41) is 5.92. The Morgan fingerprint density at radius 2 is 1.67 bits per heavy atom. The first-order valence-corrected chi connectivity index (χ1v) is 11.5. The van der Waals surface area contributed by atoms with E-state index >= 15 is 0 Å². The molecule has 2 aliphatic heterocycles. The van der Waals surface area contributed by atoms with Gasteiger partial charge in [0.1, 0.15) is 6.04 Å². The van der Waals surface area contributed by atoms with Crippen LogP contribution in [0.25, 0.3) is 0 Å². The number of benzene rings is 2. The molecule has 174 valence electrons. The van der Waals surface area contributed by atoms with Crippen LogP contribution in [0.15, 0.2) is 54.6 Å². The average Bonchev–Trinajstić information content (AvgIpc) is 2.83. The molecule has 0 spiro atoms. The Balaban J connectivity index is 1.33. The van der Waals surface area contributed by atoms with E-state index in [1.807, 2.05) is 18.2 Å². The first kappa shape index (κ1) is 23.1. The molecule has 2 fully saturated rings. The summed E-state index contributed by atoms with van der Waals surface area (Å²) in [6, 6.07) is 16.3. The normalized spacial score (nSPS) is 19.2. The van der Waals surface area contributed by atoms with Crippen molar-refractivity contribution < 1.29 is 14.4 Å². The van der Waals surface area contributed by atoms with Crippen molar-refractivity contribution in [3.63, 3.8) is 0 Å². The summed E-state index contributed by atoms with van der Waals surface area (Å²) in [5.74, 6) is -0.800. The molecule has 3 amide bonds. The second-order valence-corrected chi connectivity index (χ2v) is 8.63. The van der Waals surface area contributed by atoms with Crippen LogP contribution in [0.5, 0.6) is 0 Å². The Kier molecular flexibility index (Phi) is 7.47. The summed E-state index contributed by atoms with van der Waals surface area (Å²) in [6.07, 6.45) is -0.120. The van der Waals surface area contributed by atoms with E-state index in [4.69, 9.17) is 11.6 Å². The molecule has 0 unspecified atom stereocenters. The van der Waals surface area contributed by atoms with Crippen LogP contribution in [0.2, 0.25) is 5.02 Å². The van der Waals surface area contributed by atoms with Gasteiger partial charge in [-0.2, -0.15) is 0 Å². The molecule has 2 heterocycles. The van der Waals surface area contributed by atoms with E-state index in [1.54, 1.807) is 24.3 Å². The number of para-hydroxylation sites is 2. The van der Waals surface area contributed by atoms with Crippen molar-refractivity contribution in [3.8, 4) is 0 Å². The second kappa shape index (κ2) is 10.7. The monoisotopic (exact) mass is 469 g/mol. The van der Waals surface area contributed by atoms with Gasteiger partial charge in [0.15, 0.2) is 0 Å². The number of amides is 3. The van der Waals surface area contributed by atoms with Crippen molar-refractivity contribution >= 4 is 40.7 Å². The van der Waals surface area contributed by atoms with E-state index in [2.05, 4.69) is 32.6 Å². The van der Waals surface area contributed by atoms with E-state index in [9.17, 15) is 14.4 Å². The lowest BCUT2D eigenvalue weighted by Crippen LogP contribution is -2.60. The third-order valence-electron chi connectivity index (χ3n) is 6.03. The molecule has 2 aliphatic rings. The van der Waals surface area contributed by atoms with E-state index in [-0.39, 0.29) is 30.7 Å². The highest BCUT2D eigenvalue weighted by Gasteiger charge is 2.35. The molecule has 0 aromatic heterocycles. The van der Waals surface area contributed by atoms with Crippen LogP contribution in [-0.4, -0.2) is 79.4 Å². The van der Waals surface area contributed by atoms with Gasteiger partial charge in [0, 0.05) is 45.0 Å². The fourth-order valence-corrected chi connectivity index (χ4v) is 4.42. The van der Waals surface area contributed by atoms with Crippen LogP contribution < -0.4 is 15.5 Å². The van der Waals surface area contributed by atoms with Gasteiger partial charge in [0.25, 0.3) is 0 Å². The van der Waals surface area contributed by atoms with E-state index in [1.165, 1.54) is 10.6 Å². The van der Waals surface area contributed by atoms with Gasteiger partial charge in [0.05, 0.1) is 23.7 Å². The molecule has 0 aliphatic carbocycles. The van der Waals surface area contributed by atoms with Crippen LogP contribution in [0.4, 0.5) is 11.4 Å². The zero-order valence-electron chi connectivity index (χ0n) is 18.4. The fraction of sp³-hybridized carbons (Fsp3) is 0.375. The SMILES string of the molecule is O=C(C[C@@H]1C(=O)NCCN1C(=O)CN1CCN(c2ccccc2)CC1)Nc1ccccc1Cl. The van der Waals surface area contributed by atoms with Gasteiger partial charge in [-0.3, -0.25) is 19.3 Å². The highest BCUT2D eigenvalue weighted by molar-refractivity contribution is 6.33. The summed E-state index contributed by atoms with van der Waals surface area (Å²) in [6.45, 7) is 4.20. The first-order chi connectivity index (χ1) is 16.0. The maximum Gasteiger partial charge on any atom is 0.243 e. The van der Waals surface area contributed by atoms with E-state index in [0.717, 1.165) is 26.2 Å². The number of carbonyl (C=O) groups excluding carboxylic acids is 3. The maximum atomic E-state index is 13.1. The van der Waals surface area contributed by atoms with Crippen LogP contribution in [0.3, 0.4) is 0 Å². The molecule has 2 aromatic carbocycles. The molecule has 4 rings (SSSR count). The summed E-state index contributed by atoms with van der Waals surface area (Å²) in [4.78, 5) is 44.2. The van der Waals surface area contributed by atoms with Crippen LogP contribution in [0, 0.1) is 0 Å². The Bertz CT molecular complexity index is 995. The van der Waals surface area contributed by atoms with Crippen LogP contribution in [0.1, 0.15) is 6.42 Å². The van der Waals surface area contributed by atoms with Gasteiger partial charge in [-0.25, -0.2) is 0 Å². The number of nitrogens with one attached hydrogen (secondary N) is 2. The third-order valence-corrected chi connectivity index (χ3v) is 6.36. The predicted molar refractivity (Wildman–Crippen MR) is 128 cm³/mol. The van der Waals surface area contributed by atoms with Gasteiger partial charge in [-0.15, -0.1) is 0 Å². The number of hydrogen-bond donors (Lipinski definition) is 2. The zero-order chi connectivity index (χ0) is 23.2. The number of halogens is 1. The molecule has 8 nitrogen and oxygen atoms in total. The minimum Gasteiger partial charge on any atom is -0.369 e. The number of rotatable bonds is 6. The lowest BCUT2D eigenvalue weighted by molar-refractivity contribution is -0.145. The minimum absolute atomic E-state index is 0.120. The molecule has 2 N–H and O–H groups in total. The number of anilines is 2. The van der Waals surface area contributed by atoms with Crippen molar-refractivity contribution in [2.45, 2.75) is 12.5 Å². The summed E-state index contributed by atoms with van der Waals surface area (Å²) in [5.41, 5.74) is 1.66. The molecular weight excluding hydrogens is 442 g/mol. The van der Waals surface area contributed by atoms with Crippen LogP contribution in [-0.2, 0) is 14.4 Å². The lowest BCUT2D eigenvalue weighted by atomic mass is 10.1. The Morgan fingerprint density at radius 3 is 2.39 bits per heavy atom. The highest BCUT2D eigenvalue weighted by atomic mass is 35.5. The molecule has 2 saturated heterocycles. The topological polar surface area (TPSA) is 85.0 Å². The van der Waals surface area contributed by atoms with Crippen molar-refractivity contribution in [1.82, 2.24) is 15.1 Å². The largest absolute Gasteiger partial charge is 0.369 e. The maximum absolute atomic E-state index is 13.1. The molecule has 9 heteroatoms. The molecule has 33 heavy (non-hydrogen) atoms. The van der Waals surface area contributed by atoms with Crippen molar-refractivity contribution in [2.24, 2.45) is 0 Å². The average molecular weight is 470 g/mol. The molecule has 0 bridgehead atoms. The predicted octanol–water partition coefficient (Wildman–Crippen LogP) is 1.82. The summed E-state index contributed by atoms with van der Waals surface area (Å²) >= 11 is 6.11. The van der Waals surface area contributed by atoms with E-state index in [0.29, 0.717) is 23.8 Å². The quantitative estimate of drug-likeness (QED) is 0.674. The van der Waals surface area contributed by atoms with Crippen LogP contribution >= 0.6 is 11.6 Å². The second-order valence-electron chi connectivity index (χ2n) is 8.22. The molecular formula is C24H28ClN5O3. The van der Waals surface area contributed by atoms with Gasteiger partial charge in [0.2, 0.25) is 17.7 Å². The summed E-state index contributed by atoms with van der Waals surface area (Å²) < 4.78 is 0. The summed E-state index contributed by atoms with van der Waals surface area (Å²) in [7, 11) is 0. The molecule has 0 saturated carbocycles. The Labute approximate surface area is 198 Å². The van der Waals surface area contributed by atoms with Gasteiger partial charge in [-0.1, -0.05) is 41.9 Å².